The van der Waals surface area contributed by atoms with Crippen LogP contribution in [0.15, 0.2) is 18.2 Å². The van der Waals surface area contributed by atoms with E-state index in [-0.39, 0.29) is 0 Å². The first kappa shape index (κ1) is 11.3. The van der Waals surface area contributed by atoms with Gasteiger partial charge in [-0.15, -0.1) is 0 Å². The van der Waals surface area contributed by atoms with Crippen LogP contribution in [-0.2, 0) is 6.54 Å². The van der Waals surface area contributed by atoms with E-state index in [0.717, 1.165) is 11.3 Å². The first-order valence-corrected chi connectivity index (χ1v) is 4.61. The van der Waals surface area contributed by atoms with Crippen LogP contribution in [0.1, 0.15) is 5.56 Å². The van der Waals surface area contributed by atoms with Crippen LogP contribution in [0.25, 0.3) is 0 Å². The Kier molecular flexibility index (Phi) is 3.93. The quantitative estimate of drug-likeness (QED) is 0.691. The topological polar surface area (TPSA) is 76.4 Å². The van der Waals surface area contributed by atoms with Crippen LogP contribution >= 0.6 is 0 Å². The highest BCUT2D eigenvalue weighted by atomic mass is 16.5. The van der Waals surface area contributed by atoms with E-state index in [0.29, 0.717) is 12.3 Å². The number of rotatable bonds is 3. The van der Waals surface area contributed by atoms with E-state index >= 15 is 0 Å². The molecule has 1 amide bonds. The number of carbonyl (C=O) groups excluding carboxylic acids is 1. The molecule has 0 bridgehead atoms. The number of hydrogen-bond donors (Lipinski definition) is 3. The first-order valence-electron chi connectivity index (χ1n) is 4.61. The zero-order chi connectivity index (χ0) is 11.3. The van der Waals surface area contributed by atoms with Gasteiger partial charge in [0.15, 0.2) is 0 Å². The summed E-state index contributed by atoms with van der Waals surface area (Å²) in [6.07, 6.45) is -0.491. The average molecular weight is 209 g/mol. The third kappa shape index (κ3) is 2.85. The molecule has 0 aromatic heterocycles. The van der Waals surface area contributed by atoms with Gasteiger partial charge in [-0.05, 0) is 23.8 Å². The van der Waals surface area contributed by atoms with Crippen LogP contribution in [0.4, 0.5) is 10.5 Å². The Morgan fingerprint density at radius 1 is 1.47 bits per heavy atom. The minimum Gasteiger partial charge on any atom is -0.410 e. The van der Waals surface area contributed by atoms with Gasteiger partial charge in [0.05, 0.1) is 0 Å². The summed E-state index contributed by atoms with van der Waals surface area (Å²) in [6.45, 7) is 0.390. The summed E-state index contributed by atoms with van der Waals surface area (Å²) in [6, 6.07) is 5.27. The number of ether oxygens (including phenoxy) is 1. The zero-order valence-corrected chi connectivity index (χ0v) is 8.83. The van der Waals surface area contributed by atoms with E-state index in [1.54, 1.807) is 12.1 Å². The molecule has 1 aromatic rings. The Morgan fingerprint density at radius 2 is 2.20 bits per heavy atom. The van der Waals surface area contributed by atoms with Crippen LogP contribution in [0.3, 0.4) is 0 Å². The first-order chi connectivity index (χ1) is 7.21. The number of nitrogens with two attached hydrogens (primary N) is 1. The number of anilines is 1. The molecule has 15 heavy (non-hydrogen) atoms. The van der Waals surface area contributed by atoms with Crippen molar-refractivity contribution >= 4 is 11.8 Å². The molecular formula is C10H15N3O2. The molecule has 0 heterocycles. The summed E-state index contributed by atoms with van der Waals surface area (Å²) in [5, 5.41) is 5.38. The molecule has 0 aliphatic rings. The zero-order valence-electron chi connectivity index (χ0n) is 8.83. The maximum atomic E-state index is 11.0. The molecule has 5 nitrogen and oxygen atoms in total. The Morgan fingerprint density at radius 3 is 2.73 bits per heavy atom. The maximum absolute atomic E-state index is 11.0. The molecule has 5 heteroatoms. The summed E-state index contributed by atoms with van der Waals surface area (Å²) in [5.41, 5.74) is 7.40. The molecule has 0 radical (unpaired) electrons. The summed E-state index contributed by atoms with van der Waals surface area (Å²) in [7, 11) is 3.32. The van der Waals surface area contributed by atoms with Gasteiger partial charge in [-0.2, -0.15) is 0 Å². The molecule has 0 spiro atoms. The van der Waals surface area contributed by atoms with Crippen molar-refractivity contribution in [1.82, 2.24) is 5.32 Å². The number of amides is 1. The van der Waals surface area contributed by atoms with Crippen LogP contribution in [-0.4, -0.2) is 20.2 Å². The van der Waals surface area contributed by atoms with Crippen LogP contribution in [0, 0.1) is 0 Å². The Balaban J connectivity index is 2.88. The third-order valence-electron chi connectivity index (χ3n) is 1.98. The van der Waals surface area contributed by atoms with Gasteiger partial charge in [-0.25, -0.2) is 4.79 Å². The summed E-state index contributed by atoms with van der Waals surface area (Å²) in [5.74, 6) is 0.480. The average Bonchev–Trinajstić information content (AvgIpc) is 2.28. The molecule has 4 N–H and O–H groups in total. The van der Waals surface area contributed by atoms with Crippen molar-refractivity contribution in [3.63, 3.8) is 0 Å². The second kappa shape index (κ2) is 5.21. The minimum absolute atomic E-state index is 0.390. The van der Waals surface area contributed by atoms with Crippen molar-refractivity contribution in [2.45, 2.75) is 6.54 Å². The molecule has 0 atom stereocenters. The fourth-order valence-electron chi connectivity index (χ4n) is 1.20. The minimum atomic E-state index is -0.491. The van der Waals surface area contributed by atoms with Crippen molar-refractivity contribution in [3.05, 3.63) is 23.8 Å². The van der Waals surface area contributed by atoms with Crippen LogP contribution in [0.2, 0.25) is 0 Å². The van der Waals surface area contributed by atoms with E-state index in [1.165, 1.54) is 7.05 Å². The highest BCUT2D eigenvalue weighted by Crippen LogP contribution is 2.21. The summed E-state index contributed by atoms with van der Waals surface area (Å²) in [4.78, 5) is 11.0. The van der Waals surface area contributed by atoms with Gasteiger partial charge in [0.1, 0.15) is 5.75 Å². The predicted molar refractivity (Wildman–Crippen MR) is 59.0 cm³/mol. The van der Waals surface area contributed by atoms with Crippen molar-refractivity contribution in [2.75, 3.05) is 19.4 Å². The lowest BCUT2D eigenvalue weighted by atomic mass is 10.1. The lowest BCUT2D eigenvalue weighted by molar-refractivity contribution is 0.203. The highest BCUT2D eigenvalue weighted by molar-refractivity contribution is 5.70. The molecule has 1 aromatic carbocycles. The second-order valence-corrected chi connectivity index (χ2v) is 2.91. The van der Waals surface area contributed by atoms with Crippen molar-refractivity contribution in [1.29, 1.82) is 0 Å². The van der Waals surface area contributed by atoms with Gasteiger partial charge in [-0.1, -0.05) is 0 Å². The van der Waals surface area contributed by atoms with Crippen molar-refractivity contribution in [2.24, 2.45) is 5.73 Å². The Labute approximate surface area is 88.6 Å². The van der Waals surface area contributed by atoms with Crippen LogP contribution in [0.5, 0.6) is 5.75 Å². The summed E-state index contributed by atoms with van der Waals surface area (Å²) >= 11 is 0. The number of hydrogen-bond acceptors (Lipinski definition) is 4. The molecule has 0 saturated heterocycles. The van der Waals surface area contributed by atoms with Gasteiger partial charge in [0, 0.05) is 26.3 Å². The second-order valence-electron chi connectivity index (χ2n) is 2.91. The standard InChI is InChI=1S/C10H15N3O2/c1-12-9-4-3-8(5-7(9)6-11)15-10(14)13-2/h3-5,12H,6,11H2,1-2H3,(H,13,14). The van der Waals surface area contributed by atoms with Gasteiger partial charge in [-0.3, -0.25) is 0 Å². The SMILES string of the molecule is CNC(=O)Oc1ccc(NC)c(CN)c1. The van der Waals surface area contributed by atoms with Crippen molar-refractivity contribution in [3.8, 4) is 5.75 Å². The normalized spacial score (nSPS) is 9.53. The number of benzene rings is 1. The lowest BCUT2D eigenvalue weighted by Crippen LogP contribution is -2.22. The number of carbonyl (C=O) groups is 1. The fraction of sp³-hybridized carbons (Fsp3) is 0.300. The third-order valence-corrected chi connectivity index (χ3v) is 1.98. The van der Waals surface area contributed by atoms with E-state index in [9.17, 15) is 4.79 Å². The maximum Gasteiger partial charge on any atom is 0.412 e. The van der Waals surface area contributed by atoms with E-state index in [4.69, 9.17) is 10.5 Å². The molecule has 0 aliphatic carbocycles. The van der Waals surface area contributed by atoms with Gasteiger partial charge >= 0.3 is 6.09 Å². The predicted octanol–water partition coefficient (Wildman–Crippen LogP) is 0.905. The Bertz CT molecular complexity index is 353. The fourth-order valence-corrected chi connectivity index (χ4v) is 1.20. The molecule has 82 valence electrons. The molecule has 0 fully saturated rings. The largest absolute Gasteiger partial charge is 0.412 e. The van der Waals surface area contributed by atoms with Crippen molar-refractivity contribution < 1.29 is 9.53 Å². The monoisotopic (exact) mass is 209 g/mol. The molecule has 0 unspecified atom stereocenters. The van der Waals surface area contributed by atoms with E-state index in [1.807, 2.05) is 13.1 Å². The Hall–Kier alpha value is -1.75. The van der Waals surface area contributed by atoms with Crippen LogP contribution < -0.4 is 21.1 Å². The molecule has 1 rings (SSSR count). The van der Waals surface area contributed by atoms with E-state index < -0.39 is 6.09 Å². The van der Waals surface area contributed by atoms with Gasteiger partial charge in [0.2, 0.25) is 0 Å². The highest BCUT2D eigenvalue weighted by Gasteiger charge is 2.05. The number of nitrogens with one attached hydrogen (secondary N) is 2. The lowest BCUT2D eigenvalue weighted by Gasteiger charge is -2.09. The van der Waals surface area contributed by atoms with E-state index in [2.05, 4.69) is 10.6 Å². The molecule has 0 saturated carbocycles. The molecular weight excluding hydrogens is 194 g/mol. The van der Waals surface area contributed by atoms with Gasteiger partial charge in [0.25, 0.3) is 0 Å². The molecule has 0 aliphatic heterocycles. The summed E-state index contributed by atoms with van der Waals surface area (Å²) < 4.78 is 4.97. The van der Waals surface area contributed by atoms with Gasteiger partial charge < -0.3 is 21.1 Å². The smallest absolute Gasteiger partial charge is 0.410 e.